The minimum atomic E-state index is -1.01. The molecule has 6 nitrogen and oxygen atoms in total. The molecule has 0 amide bonds. The fourth-order valence-electron chi connectivity index (χ4n) is 1.98. The number of aryl methyl sites for hydroxylation is 2. The maximum absolute atomic E-state index is 11.1. The normalized spacial score (nSPS) is 10.2. The summed E-state index contributed by atoms with van der Waals surface area (Å²) in [6.07, 6.45) is 0. The lowest BCUT2D eigenvalue weighted by atomic mass is 10.1. The van der Waals surface area contributed by atoms with Crippen LogP contribution in [0.15, 0.2) is 36.4 Å². The van der Waals surface area contributed by atoms with E-state index in [4.69, 9.17) is 5.11 Å². The second-order valence-corrected chi connectivity index (χ2v) is 4.72. The molecule has 0 unspecified atom stereocenters. The standard InChI is InChI=1S/C15H14N2O4/c1-9-3-5-11(7-13(9)15(18)19)16-12-6-4-10(2)14(8-12)17(20)21/h3-8,16H,1-2H3,(H,18,19). The van der Waals surface area contributed by atoms with Crippen molar-refractivity contribution in [3.05, 3.63) is 63.2 Å². The van der Waals surface area contributed by atoms with Gasteiger partial charge in [0.15, 0.2) is 0 Å². The smallest absolute Gasteiger partial charge is 0.336 e. The zero-order valence-electron chi connectivity index (χ0n) is 11.6. The first-order valence-corrected chi connectivity index (χ1v) is 6.24. The first-order chi connectivity index (χ1) is 9.88. The lowest BCUT2D eigenvalue weighted by Crippen LogP contribution is -2.01. The molecule has 0 heterocycles. The molecule has 0 atom stereocenters. The number of hydrogen-bond donors (Lipinski definition) is 2. The van der Waals surface area contributed by atoms with Crippen LogP contribution in [-0.2, 0) is 0 Å². The Morgan fingerprint density at radius 2 is 1.67 bits per heavy atom. The first kappa shape index (κ1) is 14.5. The highest BCUT2D eigenvalue weighted by atomic mass is 16.6. The van der Waals surface area contributed by atoms with Crippen molar-refractivity contribution in [2.24, 2.45) is 0 Å². The summed E-state index contributed by atoms with van der Waals surface area (Å²) < 4.78 is 0. The van der Waals surface area contributed by atoms with E-state index in [9.17, 15) is 14.9 Å². The Balaban J connectivity index is 2.34. The number of nitro benzene ring substituents is 1. The summed E-state index contributed by atoms with van der Waals surface area (Å²) in [5, 5.41) is 23.0. The molecule has 0 aliphatic rings. The Morgan fingerprint density at radius 1 is 1.10 bits per heavy atom. The molecule has 0 aromatic heterocycles. The van der Waals surface area contributed by atoms with Gasteiger partial charge in [-0.15, -0.1) is 0 Å². The predicted octanol–water partition coefficient (Wildman–Crippen LogP) is 3.65. The van der Waals surface area contributed by atoms with Crippen LogP contribution >= 0.6 is 0 Å². The molecule has 0 saturated heterocycles. The highest BCUT2D eigenvalue weighted by Gasteiger charge is 2.12. The van der Waals surface area contributed by atoms with E-state index in [1.54, 1.807) is 38.1 Å². The van der Waals surface area contributed by atoms with E-state index in [1.807, 2.05) is 0 Å². The molecule has 0 aliphatic heterocycles. The lowest BCUT2D eigenvalue weighted by Gasteiger charge is -2.09. The SMILES string of the molecule is Cc1ccc(Nc2ccc(C)c([N+](=O)[O-])c2)cc1C(=O)O. The summed E-state index contributed by atoms with van der Waals surface area (Å²) >= 11 is 0. The van der Waals surface area contributed by atoms with Gasteiger partial charge in [-0.25, -0.2) is 4.79 Å². The van der Waals surface area contributed by atoms with Crippen molar-refractivity contribution in [1.82, 2.24) is 0 Å². The number of carbonyl (C=O) groups is 1. The zero-order valence-corrected chi connectivity index (χ0v) is 11.6. The second kappa shape index (κ2) is 5.62. The molecule has 0 aliphatic carbocycles. The molecule has 0 spiro atoms. The van der Waals surface area contributed by atoms with Crippen molar-refractivity contribution in [3.8, 4) is 0 Å². The van der Waals surface area contributed by atoms with Crippen LogP contribution in [0.2, 0.25) is 0 Å². The molecule has 2 N–H and O–H groups in total. The summed E-state index contributed by atoms with van der Waals surface area (Å²) in [7, 11) is 0. The number of nitro groups is 1. The minimum absolute atomic E-state index is 0.0190. The van der Waals surface area contributed by atoms with E-state index in [-0.39, 0.29) is 11.3 Å². The molecular formula is C15H14N2O4. The zero-order chi connectivity index (χ0) is 15.6. The van der Waals surface area contributed by atoms with Gasteiger partial charge < -0.3 is 10.4 Å². The number of anilines is 2. The summed E-state index contributed by atoms with van der Waals surface area (Å²) in [5.74, 6) is -1.01. The number of carboxylic acid groups (broad SMARTS) is 1. The number of carboxylic acids is 1. The molecular weight excluding hydrogens is 272 g/mol. The van der Waals surface area contributed by atoms with Crippen LogP contribution in [0.3, 0.4) is 0 Å². The molecule has 108 valence electrons. The van der Waals surface area contributed by atoms with Crippen molar-refractivity contribution >= 4 is 23.0 Å². The van der Waals surface area contributed by atoms with Crippen molar-refractivity contribution < 1.29 is 14.8 Å². The third-order valence-electron chi connectivity index (χ3n) is 3.16. The van der Waals surface area contributed by atoms with Gasteiger partial charge in [0.25, 0.3) is 5.69 Å². The quantitative estimate of drug-likeness (QED) is 0.661. The maximum atomic E-state index is 11.1. The third kappa shape index (κ3) is 3.17. The van der Waals surface area contributed by atoms with Crippen LogP contribution in [0.25, 0.3) is 0 Å². The molecule has 0 fully saturated rings. The molecule has 0 saturated carbocycles. The van der Waals surface area contributed by atoms with Gasteiger partial charge >= 0.3 is 5.97 Å². The van der Waals surface area contributed by atoms with E-state index in [1.165, 1.54) is 12.1 Å². The molecule has 21 heavy (non-hydrogen) atoms. The van der Waals surface area contributed by atoms with Crippen LogP contribution in [0.4, 0.5) is 17.1 Å². The summed E-state index contributed by atoms with van der Waals surface area (Å²) in [5.41, 5.74) is 2.54. The van der Waals surface area contributed by atoms with E-state index in [0.29, 0.717) is 22.5 Å². The Labute approximate surface area is 121 Å². The monoisotopic (exact) mass is 286 g/mol. The van der Waals surface area contributed by atoms with E-state index in [0.717, 1.165) is 0 Å². The van der Waals surface area contributed by atoms with Gasteiger partial charge in [-0.2, -0.15) is 0 Å². The van der Waals surface area contributed by atoms with Crippen LogP contribution < -0.4 is 5.32 Å². The van der Waals surface area contributed by atoms with Gasteiger partial charge in [0, 0.05) is 23.0 Å². The van der Waals surface area contributed by atoms with Crippen LogP contribution in [0, 0.1) is 24.0 Å². The fourth-order valence-corrected chi connectivity index (χ4v) is 1.98. The van der Waals surface area contributed by atoms with Gasteiger partial charge in [0.1, 0.15) is 0 Å². The van der Waals surface area contributed by atoms with Gasteiger partial charge in [0.05, 0.1) is 10.5 Å². The number of hydrogen-bond acceptors (Lipinski definition) is 4. The lowest BCUT2D eigenvalue weighted by molar-refractivity contribution is -0.385. The average Bonchev–Trinajstić information content (AvgIpc) is 2.42. The number of aromatic carboxylic acids is 1. The fraction of sp³-hybridized carbons (Fsp3) is 0.133. The number of benzene rings is 2. The van der Waals surface area contributed by atoms with Crippen LogP contribution in [0.5, 0.6) is 0 Å². The van der Waals surface area contributed by atoms with Crippen molar-refractivity contribution in [2.75, 3.05) is 5.32 Å². The first-order valence-electron chi connectivity index (χ1n) is 6.24. The van der Waals surface area contributed by atoms with E-state index in [2.05, 4.69) is 5.32 Å². The summed E-state index contributed by atoms with van der Waals surface area (Å²) in [6.45, 7) is 3.38. The number of nitrogens with one attached hydrogen (secondary N) is 1. The molecule has 6 heteroatoms. The molecule has 0 radical (unpaired) electrons. The van der Waals surface area contributed by atoms with E-state index < -0.39 is 10.9 Å². The van der Waals surface area contributed by atoms with Crippen LogP contribution in [-0.4, -0.2) is 16.0 Å². The Bertz CT molecular complexity index is 664. The molecule has 2 rings (SSSR count). The van der Waals surface area contributed by atoms with Crippen molar-refractivity contribution in [1.29, 1.82) is 0 Å². The topological polar surface area (TPSA) is 92.5 Å². The number of nitrogens with zero attached hydrogens (tertiary/aromatic N) is 1. The largest absolute Gasteiger partial charge is 0.478 e. The van der Waals surface area contributed by atoms with Gasteiger partial charge in [-0.1, -0.05) is 12.1 Å². The number of rotatable bonds is 4. The summed E-state index contributed by atoms with van der Waals surface area (Å²) in [6, 6.07) is 9.70. The second-order valence-electron chi connectivity index (χ2n) is 4.72. The minimum Gasteiger partial charge on any atom is -0.478 e. The van der Waals surface area contributed by atoms with Gasteiger partial charge in [-0.05, 0) is 37.6 Å². The van der Waals surface area contributed by atoms with E-state index >= 15 is 0 Å². The highest BCUT2D eigenvalue weighted by Crippen LogP contribution is 2.26. The Kier molecular flexibility index (Phi) is 3.89. The molecule has 2 aromatic carbocycles. The predicted molar refractivity (Wildman–Crippen MR) is 79.3 cm³/mol. The van der Waals surface area contributed by atoms with Gasteiger partial charge in [-0.3, -0.25) is 10.1 Å². The molecule has 0 bridgehead atoms. The maximum Gasteiger partial charge on any atom is 0.336 e. The van der Waals surface area contributed by atoms with Crippen molar-refractivity contribution in [3.63, 3.8) is 0 Å². The summed E-state index contributed by atoms with van der Waals surface area (Å²) in [4.78, 5) is 21.6. The van der Waals surface area contributed by atoms with Gasteiger partial charge in [0.2, 0.25) is 0 Å². The van der Waals surface area contributed by atoms with Crippen LogP contribution in [0.1, 0.15) is 21.5 Å². The average molecular weight is 286 g/mol. The highest BCUT2D eigenvalue weighted by molar-refractivity contribution is 5.90. The molecule has 2 aromatic rings. The van der Waals surface area contributed by atoms with Crippen molar-refractivity contribution in [2.45, 2.75) is 13.8 Å². The Hall–Kier alpha value is -2.89. The third-order valence-corrected chi connectivity index (χ3v) is 3.16. The Morgan fingerprint density at radius 3 is 2.24 bits per heavy atom.